The van der Waals surface area contributed by atoms with Crippen LogP contribution < -0.4 is 4.90 Å². The van der Waals surface area contributed by atoms with E-state index >= 15 is 0 Å². The second-order valence-corrected chi connectivity index (χ2v) is 12.5. The lowest BCUT2D eigenvalue weighted by Crippen LogP contribution is -3.06. The Bertz CT molecular complexity index is 546. The number of rotatable bonds is 27. The van der Waals surface area contributed by atoms with Gasteiger partial charge in [0.1, 0.15) is 6.10 Å². The van der Waals surface area contributed by atoms with Crippen molar-refractivity contribution in [1.29, 1.82) is 0 Å². The lowest BCUT2D eigenvalue weighted by Gasteiger charge is -2.20. The van der Waals surface area contributed by atoms with Crippen LogP contribution in [0.25, 0.3) is 0 Å². The zero-order valence-corrected chi connectivity index (χ0v) is 25.0. The first-order valence-electron chi connectivity index (χ1n) is 14.8. The molecule has 0 aliphatic rings. The van der Waals surface area contributed by atoms with Crippen LogP contribution in [0.5, 0.6) is 0 Å². The Morgan fingerprint density at radius 1 is 0.778 bits per heavy atom. The first-order chi connectivity index (χ1) is 17.3. The van der Waals surface area contributed by atoms with Crippen molar-refractivity contribution in [2.24, 2.45) is 0 Å². The summed E-state index contributed by atoms with van der Waals surface area (Å²) in [6.07, 6.45) is 20.2. The number of quaternary nitrogens is 1. The Kier molecular flexibility index (Phi) is 24.5. The van der Waals surface area contributed by atoms with E-state index in [9.17, 15) is 14.3 Å². The molecule has 216 valence electrons. The highest BCUT2D eigenvalue weighted by atomic mass is 31.2. The lowest BCUT2D eigenvalue weighted by atomic mass is 10.0. The molecule has 0 aromatic carbocycles. The Balaban J connectivity index is 3.83. The summed E-state index contributed by atoms with van der Waals surface area (Å²) in [7, 11) is 0.132. The maximum Gasteiger partial charge on any atom is 0.333 e. The topological polar surface area (TPSA) is 86.5 Å². The maximum absolute atomic E-state index is 12.2. The summed E-state index contributed by atoms with van der Waals surface area (Å²) in [5.74, 6) is -0.327. The van der Waals surface area contributed by atoms with Crippen molar-refractivity contribution in [3.63, 3.8) is 0 Å². The molecule has 0 spiro atoms. The normalized spacial score (nSPS) is 14.2. The fourth-order valence-corrected chi connectivity index (χ4v) is 5.24. The summed E-state index contributed by atoms with van der Waals surface area (Å²) in [6.45, 7) is 5.37. The van der Waals surface area contributed by atoms with E-state index in [4.69, 9.17) is 14.0 Å². The van der Waals surface area contributed by atoms with Gasteiger partial charge in [0.15, 0.2) is 0 Å². The molecule has 0 rings (SSSR count). The van der Waals surface area contributed by atoms with Crippen molar-refractivity contribution in [2.45, 2.75) is 129 Å². The van der Waals surface area contributed by atoms with Crippen molar-refractivity contribution >= 4 is 13.6 Å². The van der Waals surface area contributed by atoms with Crippen molar-refractivity contribution < 1.29 is 33.2 Å². The number of hydrogen-bond donors (Lipinski definition) is 2. The zero-order valence-electron chi connectivity index (χ0n) is 24.1. The van der Waals surface area contributed by atoms with Gasteiger partial charge in [-0.3, -0.25) is 9.36 Å². The molecule has 36 heavy (non-hydrogen) atoms. The van der Waals surface area contributed by atoms with Gasteiger partial charge >= 0.3 is 13.6 Å². The summed E-state index contributed by atoms with van der Waals surface area (Å²) in [5.41, 5.74) is 0. The molecule has 0 aromatic heterocycles. The number of carbonyl (C=O) groups excluding carboxylic acids is 1. The zero-order chi connectivity index (χ0) is 26.9. The Hall–Kier alpha value is -0.460. The van der Waals surface area contributed by atoms with Crippen molar-refractivity contribution in [1.82, 2.24) is 0 Å². The van der Waals surface area contributed by atoms with Gasteiger partial charge in [-0.2, -0.15) is 0 Å². The fourth-order valence-electron chi connectivity index (χ4n) is 3.98. The van der Waals surface area contributed by atoms with Crippen LogP contribution in [0.2, 0.25) is 0 Å². The molecule has 0 amide bonds. The SMILES string of the molecule is CCCCCCCCCCCCCCCCCOCC(COP(=O)(O)CC[NH+](C)C)OC(=O)CCC. The highest BCUT2D eigenvalue weighted by molar-refractivity contribution is 7.52. The third kappa shape index (κ3) is 25.2. The smallest absolute Gasteiger partial charge is 0.333 e. The molecular formula is C28H59NO6P+. The molecular weight excluding hydrogens is 477 g/mol. The maximum atomic E-state index is 12.2. The highest BCUT2D eigenvalue weighted by Crippen LogP contribution is 2.41. The molecule has 2 N–H and O–H groups in total. The molecule has 0 saturated heterocycles. The Labute approximate surface area is 222 Å². The van der Waals surface area contributed by atoms with E-state index in [1.807, 2.05) is 21.0 Å². The predicted octanol–water partition coefficient (Wildman–Crippen LogP) is 5.93. The standard InChI is InChI=1S/C28H58NO6P/c1-5-7-8-9-10-11-12-13-14-15-16-17-18-19-20-23-33-25-27(35-28(30)21-6-2)26-34-36(31,32)24-22-29(3)4/h27H,5-26H2,1-4H3,(H,31,32)/p+1. The van der Waals surface area contributed by atoms with Crippen LogP contribution >= 0.6 is 7.60 Å². The minimum absolute atomic E-state index is 0.0743. The van der Waals surface area contributed by atoms with E-state index in [2.05, 4.69) is 6.92 Å². The van der Waals surface area contributed by atoms with E-state index in [0.29, 0.717) is 26.0 Å². The van der Waals surface area contributed by atoms with Crippen LogP contribution in [0.4, 0.5) is 0 Å². The van der Waals surface area contributed by atoms with E-state index in [-0.39, 0.29) is 25.3 Å². The van der Waals surface area contributed by atoms with Gasteiger partial charge in [-0.1, -0.05) is 104 Å². The Morgan fingerprint density at radius 2 is 1.28 bits per heavy atom. The number of unbranched alkanes of at least 4 members (excludes halogenated alkanes) is 14. The molecule has 7 nitrogen and oxygen atoms in total. The number of esters is 1. The molecule has 8 heteroatoms. The molecule has 0 fully saturated rings. The summed E-state index contributed by atoms with van der Waals surface area (Å²) < 4.78 is 28.6. The van der Waals surface area contributed by atoms with E-state index in [0.717, 1.165) is 17.7 Å². The molecule has 0 bridgehead atoms. The summed E-state index contributed by atoms with van der Waals surface area (Å²) in [5, 5.41) is 0. The van der Waals surface area contributed by atoms with Gasteiger partial charge < -0.3 is 23.8 Å². The van der Waals surface area contributed by atoms with Crippen LogP contribution in [0, 0.1) is 0 Å². The average Bonchev–Trinajstić information content (AvgIpc) is 2.83. The third-order valence-corrected chi connectivity index (χ3v) is 7.65. The molecule has 0 saturated carbocycles. The molecule has 0 aliphatic carbocycles. The van der Waals surface area contributed by atoms with Gasteiger partial charge in [-0.15, -0.1) is 0 Å². The summed E-state index contributed by atoms with van der Waals surface area (Å²) in [6, 6.07) is 0. The van der Waals surface area contributed by atoms with Gasteiger partial charge in [-0.25, -0.2) is 0 Å². The molecule has 0 aliphatic heterocycles. The van der Waals surface area contributed by atoms with Gasteiger partial charge in [0, 0.05) is 13.0 Å². The monoisotopic (exact) mass is 536 g/mol. The van der Waals surface area contributed by atoms with Crippen LogP contribution in [-0.4, -0.2) is 63.6 Å². The van der Waals surface area contributed by atoms with Gasteiger partial charge in [0.2, 0.25) is 0 Å². The van der Waals surface area contributed by atoms with Crippen molar-refractivity contribution in [3.8, 4) is 0 Å². The molecule has 0 aromatic rings. The van der Waals surface area contributed by atoms with Crippen molar-refractivity contribution in [3.05, 3.63) is 0 Å². The first-order valence-corrected chi connectivity index (χ1v) is 16.6. The van der Waals surface area contributed by atoms with Crippen LogP contribution in [0.3, 0.4) is 0 Å². The first kappa shape index (κ1) is 35.5. The number of carbonyl (C=O) groups is 1. The highest BCUT2D eigenvalue weighted by Gasteiger charge is 2.24. The molecule has 2 unspecified atom stereocenters. The van der Waals surface area contributed by atoms with Crippen LogP contribution in [-0.2, 0) is 23.4 Å². The van der Waals surface area contributed by atoms with E-state index < -0.39 is 13.7 Å². The second kappa shape index (κ2) is 24.9. The quantitative estimate of drug-likeness (QED) is 0.0768. The fraction of sp³-hybridized carbons (Fsp3) is 0.964. The van der Waals surface area contributed by atoms with Crippen molar-refractivity contribution in [2.75, 3.05) is 46.6 Å². The van der Waals surface area contributed by atoms with Crippen LogP contribution in [0.1, 0.15) is 123 Å². The minimum atomic E-state index is -3.70. The predicted molar refractivity (Wildman–Crippen MR) is 149 cm³/mol. The number of hydrogen-bond acceptors (Lipinski definition) is 5. The molecule has 2 atom stereocenters. The van der Waals surface area contributed by atoms with Gasteiger partial charge in [0.05, 0.1) is 40.0 Å². The largest absolute Gasteiger partial charge is 0.457 e. The Morgan fingerprint density at radius 3 is 1.75 bits per heavy atom. The van der Waals surface area contributed by atoms with Gasteiger partial charge in [0.25, 0.3) is 0 Å². The summed E-state index contributed by atoms with van der Waals surface area (Å²) >= 11 is 0. The lowest BCUT2D eigenvalue weighted by molar-refractivity contribution is -0.855. The van der Waals surface area contributed by atoms with E-state index in [1.54, 1.807) is 0 Å². The second-order valence-electron chi connectivity index (χ2n) is 10.5. The minimum Gasteiger partial charge on any atom is -0.457 e. The van der Waals surface area contributed by atoms with Gasteiger partial charge in [-0.05, 0) is 12.8 Å². The van der Waals surface area contributed by atoms with E-state index in [1.165, 1.54) is 83.5 Å². The molecule has 0 radical (unpaired) electrons. The van der Waals surface area contributed by atoms with Crippen LogP contribution in [0.15, 0.2) is 0 Å². The third-order valence-electron chi connectivity index (χ3n) is 6.30. The number of ether oxygens (including phenoxy) is 2. The number of nitrogens with one attached hydrogen (secondary N) is 1. The average molecular weight is 537 g/mol. The molecule has 0 heterocycles. The summed E-state index contributed by atoms with van der Waals surface area (Å²) in [4.78, 5) is 23.0.